The van der Waals surface area contributed by atoms with Gasteiger partial charge < -0.3 is 20.1 Å². The fraction of sp³-hybridized carbons (Fsp3) is 0.632. The zero-order valence-corrected chi connectivity index (χ0v) is 18.3. The van der Waals surface area contributed by atoms with Gasteiger partial charge in [0.05, 0.1) is 12.2 Å². The molecule has 0 aliphatic rings. The number of halogens is 1. The smallest absolute Gasteiger partial charge is 0.190 e. The van der Waals surface area contributed by atoms with Crippen LogP contribution in [0.1, 0.15) is 45.3 Å². The Morgan fingerprint density at radius 2 is 1.52 bits per heavy atom. The van der Waals surface area contributed by atoms with Crippen molar-refractivity contribution in [2.45, 2.75) is 45.8 Å². The van der Waals surface area contributed by atoms with Crippen molar-refractivity contribution >= 4 is 29.9 Å². The molecule has 6 heteroatoms. The van der Waals surface area contributed by atoms with Gasteiger partial charge in [-0.25, -0.2) is 0 Å². The third-order valence-corrected chi connectivity index (χ3v) is 3.54. The molecule has 1 aromatic rings. The lowest BCUT2D eigenvalue weighted by Crippen LogP contribution is -2.38. The second kappa shape index (κ2) is 15.4. The summed E-state index contributed by atoms with van der Waals surface area (Å²) in [6.45, 7) is 9.37. The largest absolute Gasteiger partial charge is 0.379 e. The van der Waals surface area contributed by atoms with E-state index in [0.29, 0.717) is 6.10 Å². The Hall–Kier alpha value is -0.860. The minimum atomic E-state index is 0. The van der Waals surface area contributed by atoms with Gasteiger partial charge in [-0.3, -0.25) is 4.99 Å². The van der Waals surface area contributed by atoms with Crippen LogP contribution in [0.25, 0.3) is 0 Å². The number of nitrogens with zero attached hydrogens (tertiary/aromatic N) is 1. The quantitative estimate of drug-likeness (QED) is 0.227. The monoisotopic (exact) mass is 463 g/mol. The molecule has 2 N–H and O–H groups in total. The van der Waals surface area contributed by atoms with Gasteiger partial charge in [0.2, 0.25) is 0 Å². The zero-order valence-electron chi connectivity index (χ0n) is 16.0. The van der Waals surface area contributed by atoms with E-state index in [1.54, 1.807) is 7.05 Å². The normalized spacial score (nSPS) is 12.6. The van der Waals surface area contributed by atoms with Gasteiger partial charge in [0.15, 0.2) is 5.96 Å². The number of hydrogen-bond acceptors (Lipinski definition) is 3. The van der Waals surface area contributed by atoms with E-state index in [-0.39, 0.29) is 30.1 Å². The molecule has 1 rings (SSSR count). The van der Waals surface area contributed by atoms with Gasteiger partial charge in [-0.2, -0.15) is 0 Å². The summed E-state index contributed by atoms with van der Waals surface area (Å²) >= 11 is 0. The van der Waals surface area contributed by atoms with Gasteiger partial charge >= 0.3 is 0 Å². The first-order valence-electron chi connectivity index (χ1n) is 8.86. The zero-order chi connectivity index (χ0) is 17.6. The fourth-order valence-electron chi connectivity index (χ4n) is 2.18. The van der Waals surface area contributed by atoms with Gasteiger partial charge in [-0.15, -0.1) is 24.0 Å². The Morgan fingerprint density at radius 3 is 2.04 bits per heavy atom. The molecule has 1 aromatic carbocycles. The summed E-state index contributed by atoms with van der Waals surface area (Å²) in [6, 6.07) is 10.3. The number of ether oxygens (including phenoxy) is 2. The van der Waals surface area contributed by atoms with E-state index in [1.165, 1.54) is 5.56 Å². The summed E-state index contributed by atoms with van der Waals surface area (Å²) in [6.07, 6.45) is 2.33. The highest BCUT2D eigenvalue weighted by molar-refractivity contribution is 14.0. The van der Waals surface area contributed by atoms with Crippen molar-refractivity contribution in [2.24, 2.45) is 4.99 Å². The molecule has 0 saturated carbocycles. The maximum Gasteiger partial charge on any atom is 0.190 e. The number of aliphatic imine (C=N–C) groups is 1. The second-order valence-corrected chi connectivity index (χ2v) is 5.98. The fourth-order valence-corrected chi connectivity index (χ4v) is 2.18. The minimum absolute atomic E-state index is 0. The summed E-state index contributed by atoms with van der Waals surface area (Å²) in [7, 11) is 1.79. The molecule has 25 heavy (non-hydrogen) atoms. The summed E-state index contributed by atoms with van der Waals surface area (Å²) in [5, 5.41) is 6.59. The summed E-state index contributed by atoms with van der Waals surface area (Å²) in [4.78, 5) is 4.21. The van der Waals surface area contributed by atoms with Gasteiger partial charge in [0, 0.05) is 33.4 Å². The Kier molecular flexibility index (Phi) is 14.9. The molecule has 0 saturated heterocycles. The minimum Gasteiger partial charge on any atom is -0.379 e. The predicted octanol–water partition coefficient (Wildman–Crippen LogP) is 3.75. The van der Waals surface area contributed by atoms with E-state index in [0.717, 1.165) is 45.1 Å². The maximum absolute atomic E-state index is 5.86. The maximum atomic E-state index is 5.86. The molecule has 0 spiro atoms. The molecule has 0 heterocycles. The van der Waals surface area contributed by atoms with Crippen LogP contribution < -0.4 is 10.6 Å². The average Bonchev–Trinajstić information content (AvgIpc) is 2.59. The molecule has 0 fully saturated rings. The summed E-state index contributed by atoms with van der Waals surface area (Å²) in [5.74, 6) is 0.829. The number of nitrogens with one attached hydrogen (secondary N) is 2. The van der Waals surface area contributed by atoms with Crippen molar-refractivity contribution in [1.82, 2.24) is 10.6 Å². The first-order chi connectivity index (χ1) is 11.6. The van der Waals surface area contributed by atoms with E-state index in [4.69, 9.17) is 9.47 Å². The molecule has 0 aromatic heterocycles. The van der Waals surface area contributed by atoms with E-state index in [9.17, 15) is 0 Å². The van der Waals surface area contributed by atoms with Crippen molar-refractivity contribution < 1.29 is 9.47 Å². The molecule has 0 radical (unpaired) electrons. The van der Waals surface area contributed by atoms with E-state index in [1.807, 2.05) is 18.2 Å². The summed E-state index contributed by atoms with van der Waals surface area (Å²) in [5.41, 5.74) is 1.21. The van der Waals surface area contributed by atoms with E-state index >= 15 is 0 Å². The third kappa shape index (κ3) is 12.2. The van der Waals surface area contributed by atoms with Crippen LogP contribution in [0.4, 0.5) is 0 Å². The topological polar surface area (TPSA) is 54.9 Å². The lowest BCUT2D eigenvalue weighted by Gasteiger charge is -2.15. The molecule has 1 unspecified atom stereocenters. The lowest BCUT2D eigenvalue weighted by atomic mass is 10.1. The number of rotatable bonds is 11. The van der Waals surface area contributed by atoms with E-state index in [2.05, 4.69) is 48.5 Å². The first-order valence-corrected chi connectivity index (χ1v) is 8.86. The van der Waals surface area contributed by atoms with Crippen LogP contribution >= 0.6 is 24.0 Å². The van der Waals surface area contributed by atoms with Crippen LogP contribution in [0.5, 0.6) is 0 Å². The lowest BCUT2D eigenvalue weighted by molar-refractivity contribution is 0.0646. The summed E-state index contributed by atoms with van der Waals surface area (Å²) < 4.78 is 11.4. The Morgan fingerprint density at radius 1 is 0.960 bits per heavy atom. The molecule has 144 valence electrons. The second-order valence-electron chi connectivity index (χ2n) is 5.98. The Balaban J connectivity index is 0.00000576. The molecule has 0 aliphatic heterocycles. The van der Waals surface area contributed by atoms with Crippen molar-refractivity contribution in [2.75, 3.05) is 33.4 Å². The van der Waals surface area contributed by atoms with Gasteiger partial charge in [-0.05, 0) is 39.2 Å². The van der Waals surface area contributed by atoms with Crippen LogP contribution in [0.2, 0.25) is 0 Å². The van der Waals surface area contributed by atoms with Crippen LogP contribution in [-0.4, -0.2) is 45.4 Å². The highest BCUT2D eigenvalue weighted by Crippen LogP contribution is 2.15. The molecule has 1 atom stereocenters. The molecule has 5 nitrogen and oxygen atoms in total. The SMILES string of the molecule is CN=C(NCCCOC(C)C)NCCCOC(C)c1ccccc1.I. The molecule has 0 bridgehead atoms. The molecular weight excluding hydrogens is 429 g/mol. The van der Waals surface area contributed by atoms with Crippen molar-refractivity contribution in [3.8, 4) is 0 Å². The van der Waals surface area contributed by atoms with Crippen LogP contribution in [0.15, 0.2) is 35.3 Å². The average molecular weight is 463 g/mol. The van der Waals surface area contributed by atoms with Gasteiger partial charge in [0.1, 0.15) is 0 Å². The Labute approximate surface area is 170 Å². The van der Waals surface area contributed by atoms with Crippen molar-refractivity contribution in [1.29, 1.82) is 0 Å². The van der Waals surface area contributed by atoms with Crippen molar-refractivity contribution in [3.05, 3.63) is 35.9 Å². The molecular formula is C19H34IN3O2. The van der Waals surface area contributed by atoms with Gasteiger partial charge in [-0.1, -0.05) is 30.3 Å². The number of hydrogen-bond donors (Lipinski definition) is 2. The number of benzene rings is 1. The van der Waals surface area contributed by atoms with Crippen molar-refractivity contribution in [3.63, 3.8) is 0 Å². The predicted molar refractivity (Wildman–Crippen MR) is 116 cm³/mol. The Bertz CT molecular complexity index is 455. The molecule has 0 amide bonds. The van der Waals surface area contributed by atoms with E-state index < -0.39 is 0 Å². The van der Waals surface area contributed by atoms with Crippen LogP contribution in [-0.2, 0) is 9.47 Å². The highest BCUT2D eigenvalue weighted by atomic mass is 127. The standard InChI is InChI=1S/C19H33N3O2.HI/c1-16(2)23-14-8-12-21-19(20-4)22-13-9-15-24-17(3)18-10-6-5-7-11-18;/h5-7,10-11,16-17H,8-9,12-15H2,1-4H3,(H2,20,21,22);1H. The van der Waals surface area contributed by atoms with Crippen LogP contribution in [0.3, 0.4) is 0 Å². The van der Waals surface area contributed by atoms with Crippen LogP contribution in [0, 0.1) is 0 Å². The first kappa shape index (κ1) is 24.1. The highest BCUT2D eigenvalue weighted by Gasteiger charge is 2.04. The molecule has 0 aliphatic carbocycles. The number of guanidine groups is 1. The van der Waals surface area contributed by atoms with Gasteiger partial charge in [0.25, 0.3) is 0 Å². The third-order valence-electron chi connectivity index (χ3n) is 3.54.